The fraction of sp³-hybridized carbons (Fsp3) is 0.148. The molecular formula is C27H21N3O2S. The highest BCUT2D eigenvalue weighted by Crippen LogP contribution is 2.43. The van der Waals surface area contributed by atoms with Crippen LogP contribution in [0.1, 0.15) is 34.7 Å². The lowest BCUT2D eigenvalue weighted by molar-refractivity contribution is 0.402. The van der Waals surface area contributed by atoms with Crippen LogP contribution in [0.3, 0.4) is 0 Å². The number of allylic oxidation sites excluding steroid dienone is 1. The summed E-state index contributed by atoms with van der Waals surface area (Å²) in [6.45, 7) is 0. The first-order chi connectivity index (χ1) is 16.2. The van der Waals surface area contributed by atoms with E-state index in [1.165, 1.54) is 22.5 Å². The van der Waals surface area contributed by atoms with Crippen molar-refractivity contribution in [3.05, 3.63) is 121 Å². The van der Waals surface area contributed by atoms with E-state index >= 15 is 0 Å². The maximum Gasteiger partial charge on any atom is 0.271 e. The van der Waals surface area contributed by atoms with E-state index in [9.17, 15) is 4.79 Å². The van der Waals surface area contributed by atoms with Gasteiger partial charge in [-0.3, -0.25) is 14.3 Å². The first-order valence-electron chi connectivity index (χ1n) is 10.9. The highest BCUT2D eigenvalue weighted by Gasteiger charge is 2.33. The van der Waals surface area contributed by atoms with Crippen molar-refractivity contribution in [3.8, 4) is 5.75 Å². The number of aryl methyl sites for hydroxylation is 1. The number of aromatic nitrogens is 2. The summed E-state index contributed by atoms with van der Waals surface area (Å²) in [5, 5.41) is 0. The molecule has 162 valence electrons. The second kappa shape index (κ2) is 7.98. The van der Waals surface area contributed by atoms with Crippen LogP contribution in [0.2, 0.25) is 0 Å². The highest BCUT2D eigenvalue weighted by atomic mass is 32.1. The summed E-state index contributed by atoms with van der Waals surface area (Å²) in [5.74, 6) is 0.775. The lowest BCUT2D eigenvalue weighted by Crippen LogP contribution is -2.39. The molecule has 0 saturated carbocycles. The van der Waals surface area contributed by atoms with E-state index in [0.29, 0.717) is 9.33 Å². The van der Waals surface area contributed by atoms with Crippen molar-refractivity contribution in [2.45, 2.75) is 18.9 Å². The van der Waals surface area contributed by atoms with Crippen molar-refractivity contribution in [1.82, 2.24) is 9.55 Å². The third-order valence-corrected chi connectivity index (χ3v) is 7.27. The van der Waals surface area contributed by atoms with Crippen molar-refractivity contribution < 1.29 is 4.74 Å². The molecule has 2 aliphatic rings. The van der Waals surface area contributed by atoms with Gasteiger partial charge in [-0.05, 0) is 47.8 Å². The minimum absolute atomic E-state index is 0.0380. The van der Waals surface area contributed by atoms with E-state index in [2.05, 4.69) is 35.3 Å². The number of para-hydroxylation sites is 1. The Hall–Kier alpha value is -3.77. The zero-order chi connectivity index (χ0) is 22.4. The monoisotopic (exact) mass is 451 g/mol. The molecule has 2 aromatic heterocycles. The van der Waals surface area contributed by atoms with Gasteiger partial charge in [0.15, 0.2) is 4.80 Å². The molecule has 0 bridgehead atoms. The molecule has 1 aliphatic heterocycles. The van der Waals surface area contributed by atoms with Crippen LogP contribution in [0.4, 0.5) is 0 Å². The van der Waals surface area contributed by atoms with Gasteiger partial charge in [0.2, 0.25) is 0 Å². The molecule has 6 rings (SSSR count). The van der Waals surface area contributed by atoms with Crippen molar-refractivity contribution in [2.75, 3.05) is 7.11 Å². The zero-order valence-corrected chi connectivity index (χ0v) is 18.9. The van der Waals surface area contributed by atoms with Gasteiger partial charge in [0.05, 0.1) is 23.4 Å². The first kappa shape index (κ1) is 19.9. The largest absolute Gasteiger partial charge is 0.496 e. The highest BCUT2D eigenvalue weighted by molar-refractivity contribution is 7.07. The Kier molecular flexibility index (Phi) is 4.80. The topological polar surface area (TPSA) is 56.5 Å². The van der Waals surface area contributed by atoms with E-state index in [4.69, 9.17) is 9.73 Å². The van der Waals surface area contributed by atoms with Gasteiger partial charge in [-0.1, -0.05) is 59.9 Å². The van der Waals surface area contributed by atoms with Gasteiger partial charge >= 0.3 is 0 Å². The van der Waals surface area contributed by atoms with Crippen molar-refractivity contribution in [3.63, 3.8) is 0 Å². The van der Waals surface area contributed by atoms with Gasteiger partial charge in [0, 0.05) is 23.5 Å². The van der Waals surface area contributed by atoms with Gasteiger partial charge in [-0.2, -0.15) is 0 Å². The second-order valence-corrected chi connectivity index (χ2v) is 9.15. The van der Waals surface area contributed by atoms with Crippen LogP contribution in [-0.4, -0.2) is 16.7 Å². The maximum absolute atomic E-state index is 13.7. The Morgan fingerprint density at radius 3 is 2.76 bits per heavy atom. The minimum atomic E-state index is -0.253. The molecule has 0 N–H and O–H groups in total. The predicted molar refractivity (Wildman–Crippen MR) is 130 cm³/mol. The Labute approximate surface area is 194 Å². The molecule has 4 aromatic rings. The van der Waals surface area contributed by atoms with E-state index in [-0.39, 0.29) is 11.6 Å². The third-order valence-electron chi connectivity index (χ3n) is 6.29. The van der Waals surface area contributed by atoms with Crippen LogP contribution in [0, 0.1) is 0 Å². The summed E-state index contributed by atoms with van der Waals surface area (Å²) < 4.78 is 8.22. The summed E-state index contributed by atoms with van der Waals surface area (Å²) in [6, 6.07) is 20.0. The number of benzene rings is 2. The Balaban J connectivity index is 1.66. The summed E-state index contributed by atoms with van der Waals surface area (Å²) in [7, 11) is 1.68. The number of pyridine rings is 1. The number of methoxy groups -OCH3 is 1. The van der Waals surface area contributed by atoms with Gasteiger partial charge in [-0.15, -0.1) is 0 Å². The average molecular weight is 452 g/mol. The number of hydrogen-bond donors (Lipinski definition) is 0. The number of thiazole rings is 1. The third kappa shape index (κ3) is 3.26. The second-order valence-electron chi connectivity index (χ2n) is 8.14. The Morgan fingerprint density at radius 1 is 1.06 bits per heavy atom. The molecule has 1 unspecified atom stereocenters. The normalized spacial score (nSPS) is 17.1. The van der Waals surface area contributed by atoms with E-state index < -0.39 is 0 Å². The molecule has 1 atom stereocenters. The number of fused-ring (bicyclic) bond motifs is 3. The standard InChI is InChI=1S/C27H21N3O2S/c1-32-22-11-5-4-10-20(22)25-21-13-12-18-8-2-3-9-19(18)24(21)29-27-30(25)26(31)23(33-27)15-17-7-6-14-28-16-17/h2-11,14-16,25H,12-13H2,1H3/b23-15-. The van der Waals surface area contributed by atoms with Gasteiger partial charge < -0.3 is 4.74 Å². The van der Waals surface area contributed by atoms with E-state index in [1.807, 2.05) is 41.0 Å². The van der Waals surface area contributed by atoms with Crippen LogP contribution in [-0.2, 0) is 6.42 Å². The molecule has 2 aromatic carbocycles. The Bertz CT molecular complexity index is 1580. The van der Waals surface area contributed by atoms with Crippen LogP contribution in [0.25, 0.3) is 11.8 Å². The summed E-state index contributed by atoms with van der Waals surface area (Å²) in [6.07, 6.45) is 7.16. The molecule has 0 radical (unpaired) electrons. The average Bonchev–Trinajstić information content (AvgIpc) is 3.17. The van der Waals surface area contributed by atoms with Gasteiger partial charge in [-0.25, -0.2) is 4.99 Å². The fourth-order valence-electron chi connectivity index (χ4n) is 4.80. The lowest BCUT2D eigenvalue weighted by atomic mass is 9.83. The van der Waals surface area contributed by atoms with Crippen LogP contribution in [0.5, 0.6) is 5.75 Å². The molecule has 0 spiro atoms. The van der Waals surface area contributed by atoms with Crippen molar-refractivity contribution in [1.29, 1.82) is 0 Å². The van der Waals surface area contributed by atoms with Gasteiger partial charge in [0.1, 0.15) is 5.75 Å². The summed E-state index contributed by atoms with van der Waals surface area (Å²) >= 11 is 1.42. The number of rotatable bonds is 3. The molecular weight excluding hydrogens is 430 g/mol. The molecule has 0 amide bonds. The molecule has 0 saturated heterocycles. The number of nitrogens with zero attached hydrogens (tertiary/aromatic N) is 3. The lowest BCUT2D eigenvalue weighted by Gasteiger charge is -2.31. The maximum atomic E-state index is 13.7. The molecule has 6 heteroatoms. The van der Waals surface area contributed by atoms with Crippen LogP contribution in [0.15, 0.2) is 88.4 Å². The SMILES string of the molecule is COc1ccccc1C1C2=C(N=c3s/c(=C\c4cccnc4)c(=O)n31)c1ccccc1CC2. The van der Waals surface area contributed by atoms with Crippen LogP contribution < -0.4 is 19.6 Å². The molecule has 0 fully saturated rings. The smallest absolute Gasteiger partial charge is 0.271 e. The quantitative estimate of drug-likeness (QED) is 0.477. The van der Waals surface area contributed by atoms with Gasteiger partial charge in [0.25, 0.3) is 5.56 Å². The molecule has 5 nitrogen and oxygen atoms in total. The fourth-order valence-corrected chi connectivity index (χ4v) is 5.80. The summed E-state index contributed by atoms with van der Waals surface area (Å²) in [4.78, 5) is 23.7. The number of hydrogen-bond acceptors (Lipinski definition) is 5. The van der Waals surface area contributed by atoms with Crippen LogP contribution >= 0.6 is 11.3 Å². The summed E-state index contributed by atoms with van der Waals surface area (Å²) in [5.41, 5.74) is 6.45. The molecule has 1 aliphatic carbocycles. The zero-order valence-electron chi connectivity index (χ0n) is 18.1. The number of ether oxygens (including phenoxy) is 1. The predicted octanol–water partition coefficient (Wildman–Crippen LogP) is 3.72. The van der Waals surface area contributed by atoms with Crippen molar-refractivity contribution in [2.24, 2.45) is 4.99 Å². The van der Waals surface area contributed by atoms with Crippen molar-refractivity contribution >= 4 is 23.1 Å². The van der Waals surface area contributed by atoms with E-state index in [0.717, 1.165) is 41.0 Å². The minimum Gasteiger partial charge on any atom is -0.496 e. The molecule has 33 heavy (non-hydrogen) atoms. The Morgan fingerprint density at radius 2 is 1.91 bits per heavy atom. The first-order valence-corrected chi connectivity index (χ1v) is 11.7. The molecule has 3 heterocycles. The van der Waals surface area contributed by atoms with E-state index in [1.54, 1.807) is 19.5 Å².